The summed E-state index contributed by atoms with van der Waals surface area (Å²) < 4.78 is 5.17. The standard InChI is InChI=1S/C19H17Cl2NO3/c1-11(14-10-15(14)12-6-8-13(24-2)9-7-12)22-25-19(23)18-16(20)4-3-5-17(18)21/h3-9,14-15H,10H2,1-2H3/t14-,15-/m0/s1. The number of oxime groups is 1. The zero-order valence-electron chi connectivity index (χ0n) is 13.8. The van der Waals surface area contributed by atoms with E-state index in [2.05, 4.69) is 5.16 Å². The number of ether oxygens (including phenoxy) is 1. The van der Waals surface area contributed by atoms with Crippen LogP contribution in [0.3, 0.4) is 0 Å². The van der Waals surface area contributed by atoms with Crippen molar-refractivity contribution in [2.24, 2.45) is 11.1 Å². The van der Waals surface area contributed by atoms with Crippen molar-refractivity contribution in [1.29, 1.82) is 0 Å². The first-order valence-electron chi connectivity index (χ1n) is 7.85. The maximum absolute atomic E-state index is 12.1. The molecule has 0 radical (unpaired) electrons. The Kier molecular flexibility index (Phi) is 5.30. The molecule has 1 fully saturated rings. The molecule has 0 aliphatic heterocycles. The number of carbonyl (C=O) groups excluding carboxylic acids is 1. The van der Waals surface area contributed by atoms with E-state index in [9.17, 15) is 4.79 Å². The molecule has 0 heterocycles. The van der Waals surface area contributed by atoms with Gasteiger partial charge in [0.1, 0.15) is 5.75 Å². The lowest BCUT2D eigenvalue weighted by Crippen LogP contribution is -2.06. The van der Waals surface area contributed by atoms with Crippen LogP contribution in [0.4, 0.5) is 0 Å². The van der Waals surface area contributed by atoms with Gasteiger partial charge < -0.3 is 9.57 Å². The largest absolute Gasteiger partial charge is 0.497 e. The Morgan fingerprint density at radius 1 is 1.12 bits per heavy atom. The Bertz CT molecular complexity index is 798. The summed E-state index contributed by atoms with van der Waals surface area (Å²) in [5, 5.41) is 4.47. The van der Waals surface area contributed by atoms with Gasteiger partial charge in [0.15, 0.2) is 0 Å². The first-order chi connectivity index (χ1) is 12.0. The molecule has 1 aliphatic rings. The van der Waals surface area contributed by atoms with E-state index in [1.54, 1.807) is 25.3 Å². The van der Waals surface area contributed by atoms with Gasteiger partial charge in [-0.15, -0.1) is 0 Å². The van der Waals surface area contributed by atoms with E-state index in [1.165, 1.54) is 5.56 Å². The minimum Gasteiger partial charge on any atom is -0.497 e. The lowest BCUT2D eigenvalue weighted by Gasteiger charge is -2.05. The Balaban J connectivity index is 1.64. The molecule has 0 amide bonds. The van der Waals surface area contributed by atoms with Crippen LogP contribution >= 0.6 is 23.2 Å². The van der Waals surface area contributed by atoms with Gasteiger partial charge in [0.2, 0.25) is 0 Å². The van der Waals surface area contributed by atoms with Crippen molar-refractivity contribution in [3.05, 3.63) is 63.6 Å². The second-order valence-electron chi connectivity index (χ2n) is 5.93. The fraction of sp³-hybridized carbons (Fsp3) is 0.263. The first kappa shape index (κ1) is 17.8. The molecule has 1 aliphatic carbocycles. The highest BCUT2D eigenvalue weighted by molar-refractivity contribution is 6.39. The van der Waals surface area contributed by atoms with Crippen LogP contribution in [0.2, 0.25) is 10.0 Å². The van der Waals surface area contributed by atoms with Crippen LogP contribution in [-0.4, -0.2) is 18.8 Å². The molecule has 4 nitrogen and oxygen atoms in total. The normalized spacial score (nSPS) is 19.4. The molecule has 0 N–H and O–H groups in total. The van der Waals surface area contributed by atoms with Gasteiger partial charge in [0, 0.05) is 5.92 Å². The van der Waals surface area contributed by atoms with E-state index in [-0.39, 0.29) is 21.5 Å². The van der Waals surface area contributed by atoms with Gasteiger partial charge in [-0.2, -0.15) is 0 Å². The quantitative estimate of drug-likeness (QED) is 0.401. The number of carbonyl (C=O) groups is 1. The molecule has 2 atom stereocenters. The summed E-state index contributed by atoms with van der Waals surface area (Å²) in [6, 6.07) is 12.8. The Labute approximate surface area is 156 Å². The molecule has 0 spiro atoms. The number of rotatable bonds is 5. The predicted molar refractivity (Wildman–Crippen MR) is 98.8 cm³/mol. The van der Waals surface area contributed by atoms with E-state index in [4.69, 9.17) is 32.8 Å². The summed E-state index contributed by atoms with van der Waals surface area (Å²) in [6.07, 6.45) is 0.978. The minimum absolute atomic E-state index is 0.130. The van der Waals surface area contributed by atoms with Crippen LogP contribution in [0, 0.1) is 5.92 Å². The van der Waals surface area contributed by atoms with E-state index in [0.717, 1.165) is 17.9 Å². The van der Waals surface area contributed by atoms with Gasteiger partial charge in [-0.25, -0.2) is 4.79 Å². The molecule has 0 aromatic heterocycles. The van der Waals surface area contributed by atoms with E-state index < -0.39 is 5.97 Å². The van der Waals surface area contributed by atoms with Gasteiger partial charge in [-0.05, 0) is 49.1 Å². The Hall–Kier alpha value is -2.04. The summed E-state index contributed by atoms with van der Waals surface area (Å²) >= 11 is 12.0. The van der Waals surface area contributed by atoms with E-state index >= 15 is 0 Å². The maximum Gasteiger partial charge on any atom is 0.368 e. The van der Waals surface area contributed by atoms with Crippen LogP contribution in [0.1, 0.15) is 35.2 Å². The number of methoxy groups -OCH3 is 1. The predicted octanol–water partition coefficient (Wildman–Crippen LogP) is 5.34. The van der Waals surface area contributed by atoms with Crippen molar-refractivity contribution in [3.63, 3.8) is 0 Å². The number of halogens is 2. The third-order valence-corrected chi connectivity index (χ3v) is 4.94. The maximum atomic E-state index is 12.1. The van der Waals surface area contributed by atoms with Crippen LogP contribution < -0.4 is 4.74 Å². The first-order valence-corrected chi connectivity index (χ1v) is 8.60. The third kappa shape index (κ3) is 3.97. The molecule has 6 heteroatoms. The van der Waals surface area contributed by atoms with Crippen LogP contribution in [0.15, 0.2) is 47.6 Å². The summed E-state index contributed by atoms with van der Waals surface area (Å²) in [4.78, 5) is 17.2. The van der Waals surface area contributed by atoms with Gasteiger partial charge in [-0.3, -0.25) is 0 Å². The molecule has 1 saturated carbocycles. The highest BCUT2D eigenvalue weighted by Gasteiger charge is 2.41. The molecule has 0 saturated heterocycles. The molecular weight excluding hydrogens is 361 g/mol. The van der Waals surface area contributed by atoms with Crippen molar-refractivity contribution < 1.29 is 14.4 Å². The van der Waals surface area contributed by atoms with Crippen molar-refractivity contribution >= 4 is 34.9 Å². The third-order valence-electron chi connectivity index (χ3n) is 4.31. The summed E-state index contributed by atoms with van der Waals surface area (Å²) in [5.41, 5.74) is 2.13. The van der Waals surface area contributed by atoms with E-state index in [0.29, 0.717) is 5.92 Å². The van der Waals surface area contributed by atoms with Gasteiger partial charge in [-0.1, -0.05) is 46.6 Å². The number of hydrogen-bond acceptors (Lipinski definition) is 4. The van der Waals surface area contributed by atoms with Gasteiger partial charge in [0.25, 0.3) is 0 Å². The summed E-state index contributed by atoms with van der Waals surface area (Å²) in [7, 11) is 1.64. The summed E-state index contributed by atoms with van der Waals surface area (Å²) in [6.45, 7) is 1.86. The minimum atomic E-state index is -0.656. The molecule has 2 aromatic rings. The Morgan fingerprint density at radius 2 is 1.76 bits per heavy atom. The van der Waals surface area contributed by atoms with Crippen molar-refractivity contribution in [3.8, 4) is 5.75 Å². The zero-order valence-corrected chi connectivity index (χ0v) is 15.3. The molecule has 0 unspecified atom stereocenters. The molecule has 2 aromatic carbocycles. The van der Waals surface area contributed by atoms with E-state index in [1.807, 2.05) is 31.2 Å². The smallest absolute Gasteiger partial charge is 0.368 e. The SMILES string of the molecule is COc1ccc([C@@H]2C[C@H]2C(C)=NOC(=O)c2c(Cl)cccc2Cl)cc1. The number of benzene rings is 2. The average molecular weight is 378 g/mol. The second kappa shape index (κ2) is 7.46. The molecule has 25 heavy (non-hydrogen) atoms. The molecule has 3 rings (SSSR count). The lowest BCUT2D eigenvalue weighted by atomic mass is 10.1. The van der Waals surface area contributed by atoms with Crippen LogP contribution in [0.5, 0.6) is 5.75 Å². The molecule has 0 bridgehead atoms. The fourth-order valence-corrected chi connectivity index (χ4v) is 3.35. The Morgan fingerprint density at radius 3 is 2.36 bits per heavy atom. The topological polar surface area (TPSA) is 47.9 Å². The number of hydrogen-bond donors (Lipinski definition) is 0. The summed E-state index contributed by atoms with van der Waals surface area (Å²) in [5.74, 6) is 0.827. The second-order valence-corrected chi connectivity index (χ2v) is 6.74. The fourth-order valence-electron chi connectivity index (χ4n) is 2.80. The molecule has 130 valence electrons. The van der Waals surface area contributed by atoms with Crippen LogP contribution in [0.25, 0.3) is 0 Å². The monoisotopic (exact) mass is 377 g/mol. The average Bonchev–Trinajstić information content (AvgIpc) is 3.40. The van der Waals surface area contributed by atoms with Crippen molar-refractivity contribution in [2.45, 2.75) is 19.3 Å². The highest BCUT2D eigenvalue weighted by atomic mass is 35.5. The highest BCUT2D eigenvalue weighted by Crippen LogP contribution is 2.48. The van der Waals surface area contributed by atoms with Crippen molar-refractivity contribution in [1.82, 2.24) is 0 Å². The molecular formula is C19H17Cl2NO3. The number of nitrogens with zero attached hydrogens (tertiary/aromatic N) is 1. The van der Waals surface area contributed by atoms with Crippen molar-refractivity contribution in [2.75, 3.05) is 7.11 Å². The van der Waals surface area contributed by atoms with Gasteiger partial charge >= 0.3 is 5.97 Å². The van der Waals surface area contributed by atoms with Crippen LogP contribution in [-0.2, 0) is 4.84 Å². The lowest BCUT2D eigenvalue weighted by molar-refractivity contribution is 0.0515. The zero-order chi connectivity index (χ0) is 18.0. The van der Waals surface area contributed by atoms with Gasteiger partial charge in [0.05, 0.1) is 28.4 Å².